The van der Waals surface area contributed by atoms with Crippen LogP contribution in [0.3, 0.4) is 0 Å². The Kier molecular flexibility index (Phi) is 6.63. The van der Waals surface area contributed by atoms with Gasteiger partial charge in [-0.1, -0.05) is 48.5 Å². The summed E-state index contributed by atoms with van der Waals surface area (Å²) in [5.41, 5.74) is 3.42. The largest absolute Gasteiger partial charge is 0.383 e. The molecule has 1 unspecified atom stereocenters. The Bertz CT molecular complexity index is 614. The molecule has 2 aromatic rings. The van der Waals surface area contributed by atoms with Crippen LogP contribution in [0, 0.1) is 0 Å². The Labute approximate surface area is 137 Å². The van der Waals surface area contributed by atoms with Gasteiger partial charge in [0, 0.05) is 18.8 Å². The molecule has 2 rings (SSSR count). The first-order chi connectivity index (χ1) is 11.2. The number of hydrogen-bond donors (Lipinski definition) is 2. The minimum absolute atomic E-state index is 0.00821. The number of benzene rings is 2. The first-order valence-corrected chi connectivity index (χ1v) is 7.83. The zero-order chi connectivity index (χ0) is 16.5. The van der Waals surface area contributed by atoms with Crippen LogP contribution in [0.2, 0.25) is 0 Å². The Hall–Kier alpha value is -2.33. The highest BCUT2D eigenvalue weighted by atomic mass is 16.5. The summed E-state index contributed by atoms with van der Waals surface area (Å²) in [6.07, 6.45) is 0.839. The number of amides is 1. The number of anilines is 1. The lowest BCUT2D eigenvalue weighted by molar-refractivity contribution is -0.120. The fourth-order valence-electron chi connectivity index (χ4n) is 2.46. The van der Waals surface area contributed by atoms with Gasteiger partial charge in [0.1, 0.15) is 0 Å². The van der Waals surface area contributed by atoms with E-state index in [-0.39, 0.29) is 18.5 Å². The van der Waals surface area contributed by atoms with Gasteiger partial charge in [-0.3, -0.25) is 4.79 Å². The van der Waals surface area contributed by atoms with E-state index in [2.05, 4.69) is 28.8 Å². The van der Waals surface area contributed by atoms with E-state index < -0.39 is 0 Å². The van der Waals surface area contributed by atoms with Gasteiger partial charge in [0.05, 0.1) is 13.2 Å². The van der Waals surface area contributed by atoms with E-state index in [0.29, 0.717) is 6.61 Å². The van der Waals surface area contributed by atoms with Crippen molar-refractivity contribution in [1.29, 1.82) is 0 Å². The van der Waals surface area contributed by atoms with Gasteiger partial charge in [-0.2, -0.15) is 0 Å². The van der Waals surface area contributed by atoms with E-state index in [1.54, 1.807) is 7.11 Å². The van der Waals surface area contributed by atoms with Gasteiger partial charge in [-0.15, -0.1) is 0 Å². The summed E-state index contributed by atoms with van der Waals surface area (Å²) in [6, 6.07) is 18.4. The molecule has 0 saturated heterocycles. The monoisotopic (exact) mass is 312 g/mol. The van der Waals surface area contributed by atoms with E-state index in [9.17, 15) is 4.79 Å². The number of carbonyl (C=O) groups excluding carboxylic acids is 1. The molecule has 0 aliphatic rings. The van der Waals surface area contributed by atoms with Crippen LogP contribution in [-0.2, 0) is 16.0 Å². The predicted molar refractivity (Wildman–Crippen MR) is 93.7 cm³/mol. The second kappa shape index (κ2) is 8.96. The first-order valence-electron chi connectivity index (χ1n) is 7.83. The molecule has 23 heavy (non-hydrogen) atoms. The minimum atomic E-state index is -0.0379. The van der Waals surface area contributed by atoms with Crippen molar-refractivity contribution in [3.8, 4) is 0 Å². The van der Waals surface area contributed by atoms with Gasteiger partial charge in [0.2, 0.25) is 5.91 Å². The topological polar surface area (TPSA) is 50.4 Å². The lowest BCUT2D eigenvalue weighted by Crippen LogP contribution is -2.39. The number of rotatable bonds is 8. The molecule has 0 fully saturated rings. The van der Waals surface area contributed by atoms with E-state index in [1.807, 2.05) is 43.3 Å². The first kappa shape index (κ1) is 17.0. The molecule has 0 saturated carbocycles. The molecular weight excluding hydrogens is 288 g/mol. The van der Waals surface area contributed by atoms with Crippen LogP contribution in [0.1, 0.15) is 18.1 Å². The number of para-hydroxylation sites is 1. The van der Waals surface area contributed by atoms with Gasteiger partial charge >= 0.3 is 0 Å². The summed E-state index contributed by atoms with van der Waals surface area (Å²) in [6.45, 7) is 2.68. The summed E-state index contributed by atoms with van der Waals surface area (Å²) in [4.78, 5) is 11.9. The van der Waals surface area contributed by atoms with Crippen molar-refractivity contribution in [3.63, 3.8) is 0 Å². The van der Waals surface area contributed by atoms with Crippen molar-refractivity contribution in [3.05, 3.63) is 65.7 Å². The third kappa shape index (κ3) is 5.75. The molecule has 1 amide bonds. The Morgan fingerprint density at radius 3 is 2.52 bits per heavy atom. The third-order valence-corrected chi connectivity index (χ3v) is 3.52. The van der Waals surface area contributed by atoms with Crippen LogP contribution in [0.15, 0.2) is 54.6 Å². The number of ether oxygens (including phenoxy) is 1. The van der Waals surface area contributed by atoms with E-state index >= 15 is 0 Å². The zero-order valence-electron chi connectivity index (χ0n) is 13.7. The van der Waals surface area contributed by atoms with Crippen LogP contribution in [0.5, 0.6) is 0 Å². The Morgan fingerprint density at radius 2 is 1.78 bits per heavy atom. The van der Waals surface area contributed by atoms with Crippen LogP contribution in [0.25, 0.3) is 0 Å². The molecule has 4 heteroatoms. The van der Waals surface area contributed by atoms with Crippen molar-refractivity contribution < 1.29 is 9.53 Å². The van der Waals surface area contributed by atoms with E-state index in [4.69, 9.17) is 4.74 Å². The summed E-state index contributed by atoms with van der Waals surface area (Å²) >= 11 is 0. The molecule has 0 aliphatic carbocycles. The molecule has 0 radical (unpaired) electrons. The van der Waals surface area contributed by atoms with E-state index in [0.717, 1.165) is 12.1 Å². The molecule has 0 aromatic heterocycles. The van der Waals surface area contributed by atoms with Crippen LogP contribution in [0.4, 0.5) is 5.69 Å². The quantitative estimate of drug-likeness (QED) is 0.788. The van der Waals surface area contributed by atoms with Gasteiger partial charge in [-0.25, -0.2) is 0 Å². The molecule has 0 aliphatic heterocycles. The average Bonchev–Trinajstić information content (AvgIpc) is 2.55. The van der Waals surface area contributed by atoms with Crippen LogP contribution in [-0.4, -0.2) is 32.2 Å². The third-order valence-electron chi connectivity index (χ3n) is 3.52. The molecule has 1 atom stereocenters. The lowest BCUT2D eigenvalue weighted by Gasteiger charge is -2.15. The molecule has 0 spiro atoms. The number of hydrogen-bond acceptors (Lipinski definition) is 3. The summed E-state index contributed by atoms with van der Waals surface area (Å²) in [5.74, 6) is -0.0379. The number of nitrogens with one attached hydrogen (secondary N) is 2. The minimum Gasteiger partial charge on any atom is -0.383 e. The van der Waals surface area contributed by atoms with Crippen molar-refractivity contribution >= 4 is 11.6 Å². The summed E-state index contributed by atoms with van der Waals surface area (Å²) < 4.78 is 5.02. The van der Waals surface area contributed by atoms with Gasteiger partial charge in [0.25, 0.3) is 0 Å². The Balaban J connectivity index is 1.94. The highest BCUT2D eigenvalue weighted by Gasteiger charge is 2.08. The molecule has 2 N–H and O–H groups in total. The smallest absolute Gasteiger partial charge is 0.239 e. The maximum absolute atomic E-state index is 11.9. The molecule has 0 bridgehead atoms. The maximum Gasteiger partial charge on any atom is 0.239 e. The predicted octanol–water partition coefficient (Wildman–Crippen LogP) is 2.84. The number of carbonyl (C=O) groups is 1. The molecule has 122 valence electrons. The SMILES string of the molecule is COCC(C)NC(=O)CNc1ccccc1Cc1ccccc1. The number of methoxy groups -OCH3 is 1. The fourth-order valence-corrected chi connectivity index (χ4v) is 2.46. The van der Waals surface area contributed by atoms with Crippen LogP contribution >= 0.6 is 0 Å². The highest BCUT2D eigenvalue weighted by Crippen LogP contribution is 2.18. The lowest BCUT2D eigenvalue weighted by atomic mass is 10.0. The van der Waals surface area contributed by atoms with Crippen LogP contribution < -0.4 is 10.6 Å². The standard InChI is InChI=1S/C19H24N2O2/c1-15(14-23-2)21-19(22)13-20-18-11-7-6-10-17(18)12-16-8-4-3-5-9-16/h3-11,15,20H,12-14H2,1-2H3,(H,21,22). The van der Waals surface area contributed by atoms with Gasteiger partial charge < -0.3 is 15.4 Å². The Morgan fingerprint density at radius 1 is 1.09 bits per heavy atom. The molecule has 0 heterocycles. The molecule has 4 nitrogen and oxygen atoms in total. The van der Waals surface area contributed by atoms with Crippen molar-refractivity contribution in [2.45, 2.75) is 19.4 Å². The fraction of sp³-hybridized carbons (Fsp3) is 0.316. The van der Waals surface area contributed by atoms with Crippen molar-refractivity contribution in [1.82, 2.24) is 5.32 Å². The summed E-state index contributed by atoms with van der Waals surface area (Å²) in [7, 11) is 1.63. The second-order valence-corrected chi connectivity index (χ2v) is 5.60. The van der Waals surface area contributed by atoms with E-state index in [1.165, 1.54) is 11.1 Å². The van der Waals surface area contributed by atoms with Gasteiger partial charge in [0.15, 0.2) is 0 Å². The maximum atomic E-state index is 11.9. The highest BCUT2D eigenvalue weighted by molar-refractivity contribution is 5.81. The van der Waals surface area contributed by atoms with Gasteiger partial charge in [-0.05, 0) is 30.5 Å². The average molecular weight is 312 g/mol. The zero-order valence-corrected chi connectivity index (χ0v) is 13.7. The summed E-state index contributed by atoms with van der Waals surface area (Å²) in [5, 5.41) is 6.12. The molecular formula is C19H24N2O2. The normalized spacial score (nSPS) is 11.7. The van der Waals surface area contributed by atoms with Crippen molar-refractivity contribution in [2.24, 2.45) is 0 Å². The van der Waals surface area contributed by atoms with Crippen molar-refractivity contribution in [2.75, 3.05) is 25.6 Å². The second-order valence-electron chi connectivity index (χ2n) is 5.60. The molecule has 2 aromatic carbocycles.